The third kappa shape index (κ3) is 5.04. The minimum atomic E-state index is -0.0663. The lowest BCUT2D eigenvalue weighted by atomic mass is 10.1. The molecular weight excluding hydrogens is 370 g/mol. The second kappa shape index (κ2) is 9.92. The molecule has 4 nitrogen and oxygen atoms in total. The zero-order valence-corrected chi connectivity index (χ0v) is 17.7. The van der Waals surface area contributed by atoms with E-state index in [4.69, 9.17) is 9.47 Å². The molecule has 1 aromatic carbocycles. The second-order valence-electron chi connectivity index (χ2n) is 6.80. The fraction of sp³-hybridized carbons (Fsp3) is 0.391. The van der Waals surface area contributed by atoms with Crippen molar-refractivity contribution < 1.29 is 14.6 Å². The van der Waals surface area contributed by atoms with Crippen LogP contribution < -0.4 is 4.74 Å². The molecule has 0 saturated heterocycles. The van der Waals surface area contributed by atoms with E-state index < -0.39 is 0 Å². The molecule has 0 aliphatic heterocycles. The summed E-state index contributed by atoms with van der Waals surface area (Å²) in [4.78, 5) is 2.61. The number of hydrogen-bond acceptors (Lipinski definition) is 4. The average molecular weight is 400 g/mol. The van der Waals surface area contributed by atoms with Gasteiger partial charge in [0.15, 0.2) is 0 Å². The fourth-order valence-corrected chi connectivity index (χ4v) is 4.25. The van der Waals surface area contributed by atoms with Crippen LogP contribution >= 0.6 is 11.3 Å². The van der Waals surface area contributed by atoms with Crippen LogP contribution in [0.4, 0.5) is 0 Å². The molecule has 0 bridgehead atoms. The summed E-state index contributed by atoms with van der Waals surface area (Å²) >= 11 is 1.82. The minimum absolute atomic E-state index is 0.0663. The van der Waals surface area contributed by atoms with Crippen molar-refractivity contribution in [2.24, 2.45) is 0 Å². The monoisotopic (exact) mass is 399 g/mol. The third-order valence-electron chi connectivity index (χ3n) is 4.79. The van der Waals surface area contributed by atoms with Gasteiger partial charge < -0.3 is 19.1 Å². The summed E-state index contributed by atoms with van der Waals surface area (Å²) in [6, 6.07) is 16.7. The number of rotatable bonds is 10. The highest BCUT2D eigenvalue weighted by molar-refractivity contribution is 7.15. The zero-order valence-electron chi connectivity index (χ0n) is 16.9. The molecule has 0 saturated carbocycles. The van der Waals surface area contributed by atoms with Crippen molar-refractivity contribution in [1.82, 2.24) is 4.57 Å². The first-order valence-electron chi connectivity index (χ1n) is 9.80. The van der Waals surface area contributed by atoms with Gasteiger partial charge in [-0.25, -0.2) is 0 Å². The van der Waals surface area contributed by atoms with Crippen molar-refractivity contribution in [2.45, 2.75) is 39.8 Å². The van der Waals surface area contributed by atoms with Crippen molar-refractivity contribution in [3.63, 3.8) is 0 Å². The molecule has 1 atom stereocenters. The molecule has 0 aliphatic rings. The SMILES string of the molecule is CCOC(CCO)c1ccc(OCCn2c(C)ccc2-c2ccc(C)s2)cc1. The van der Waals surface area contributed by atoms with Crippen molar-refractivity contribution in [3.8, 4) is 16.3 Å². The third-order valence-corrected chi connectivity index (χ3v) is 5.81. The van der Waals surface area contributed by atoms with Crippen LogP contribution in [-0.4, -0.2) is 29.5 Å². The van der Waals surface area contributed by atoms with E-state index in [0.29, 0.717) is 19.6 Å². The molecule has 0 spiro atoms. The predicted molar refractivity (Wildman–Crippen MR) is 115 cm³/mol. The molecule has 3 rings (SSSR count). The highest BCUT2D eigenvalue weighted by Crippen LogP contribution is 2.29. The average Bonchev–Trinajstić information content (AvgIpc) is 3.28. The van der Waals surface area contributed by atoms with Gasteiger partial charge in [0.05, 0.1) is 23.2 Å². The van der Waals surface area contributed by atoms with Gasteiger partial charge in [-0.15, -0.1) is 11.3 Å². The summed E-state index contributed by atoms with van der Waals surface area (Å²) in [6.07, 6.45) is 0.537. The normalized spacial score (nSPS) is 12.3. The van der Waals surface area contributed by atoms with E-state index in [0.717, 1.165) is 17.9 Å². The number of aliphatic hydroxyl groups is 1. The van der Waals surface area contributed by atoms with Gasteiger partial charge in [0.1, 0.15) is 12.4 Å². The summed E-state index contributed by atoms with van der Waals surface area (Å²) in [7, 11) is 0. The molecule has 5 heteroatoms. The molecule has 28 heavy (non-hydrogen) atoms. The molecule has 0 radical (unpaired) electrons. The first kappa shape index (κ1) is 20.6. The van der Waals surface area contributed by atoms with Gasteiger partial charge in [0.25, 0.3) is 0 Å². The molecule has 150 valence electrons. The zero-order chi connectivity index (χ0) is 19.9. The number of aryl methyl sites for hydroxylation is 2. The van der Waals surface area contributed by atoms with E-state index in [9.17, 15) is 5.11 Å². The Kier molecular flexibility index (Phi) is 7.31. The van der Waals surface area contributed by atoms with Gasteiger partial charge in [-0.1, -0.05) is 12.1 Å². The fourth-order valence-electron chi connectivity index (χ4n) is 3.35. The van der Waals surface area contributed by atoms with Gasteiger partial charge >= 0.3 is 0 Å². The first-order chi connectivity index (χ1) is 13.6. The lowest BCUT2D eigenvalue weighted by molar-refractivity contribution is 0.0432. The Morgan fingerprint density at radius 2 is 1.82 bits per heavy atom. The molecule has 0 aliphatic carbocycles. The second-order valence-corrected chi connectivity index (χ2v) is 8.08. The van der Waals surface area contributed by atoms with Crippen LogP contribution in [0, 0.1) is 13.8 Å². The number of thiophene rings is 1. The molecule has 0 amide bonds. The molecular formula is C23H29NO3S. The first-order valence-corrected chi connectivity index (χ1v) is 10.6. The topological polar surface area (TPSA) is 43.6 Å². The summed E-state index contributed by atoms with van der Waals surface area (Å²) < 4.78 is 14.0. The highest BCUT2D eigenvalue weighted by Gasteiger charge is 2.12. The van der Waals surface area contributed by atoms with E-state index in [1.807, 2.05) is 42.5 Å². The predicted octanol–water partition coefficient (Wildman–Crippen LogP) is 5.37. The quantitative estimate of drug-likeness (QED) is 0.498. The molecule has 1 N–H and O–H groups in total. The van der Waals surface area contributed by atoms with Gasteiger partial charge in [-0.05, 0) is 62.7 Å². The maximum atomic E-state index is 9.21. The van der Waals surface area contributed by atoms with E-state index in [2.05, 4.69) is 42.7 Å². The Labute approximate surface area is 171 Å². The van der Waals surface area contributed by atoms with E-state index in [-0.39, 0.29) is 12.7 Å². The smallest absolute Gasteiger partial charge is 0.119 e. The number of benzene rings is 1. The Balaban J connectivity index is 1.61. The number of aliphatic hydroxyl groups excluding tert-OH is 1. The van der Waals surface area contributed by atoms with Gasteiger partial charge in [0.2, 0.25) is 0 Å². The van der Waals surface area contributed by atoms with Crippen LogP contribution in [0.3, 0.4) is 0 Å². The van der Waals surface area contributed by atoms with Gasteiger partial charge in [-0.2, -0.15) is 0 Å². The Hall–Kier alpha value is -2.08. The number of hydrogen-bond donors (Lipinski definition) is 1. The maximum absolute atomic E-state index is 9.21. The lowest BCUT2D eigenvalue weighted by Crippen LogP contribution is -2.10. The Bertz CT molecular complexity index is 860. The number of aromatic nitrogens is 1. The molecule has 2 aromatic heterocycles. The van der Waals surface area contributed by atoms with Crippen LogP contribution in [0.1, 0.15) is 35.6 Å². The molecule has 2 heterocycles. The molecule has 1 unspecified atom stereocenters. The molecule has 3 aromatic rings. The van der Waals surface area contributed by atoms with E-state index in [1.54, 1.807) is 0 Å². The van der Waals surface area contributed by atoms with E-state index in [1.165, 1.54) is 21.1 Å². The maximum Gasteiger partial charge on any atom is 0.119 e. The highest BCUT2D eigenvalue weighted by atomic mass is 32.1. The summed E-state index contributed by atoms with van der Waals surface area (Å²) in [5, 5.41) is 9.21. The lowest BCUT2D eigenvalue weighted by Gasteiger charge is -2.17. The van der Waals surface area contributed by atoms with Crippen LogP contribution in [0.2, 0.25) is 0 Å². The summed E-state index contributed by atoms with van der Waals surface area (Å²) in [6.45, 7) is 8.40. The minimum Gasteiger partial charge on any atom is -0.492 e. The van der Waals surface area contributed by atoms with Crippen LogP contribution in [0.15, 0.2) is 48.5 Å². The Morgan fingerprint density at radius 1 is 1.04 bits per heavy atom. The molecule has 0 fully saturated rings. The number of ether oxygens (including phenoxy) is 2. The summed E-state index contributed by atoms with van der Waals surface area (Å²) in [5.74, 6) is 0.848. The van der Waals surface area contributed by atoms with Gasteiger partial charge in [-0.3, -0.25) is 0 Å². The van der Waals surface area contributed by atoms with Gasteiger partial charge in [0, 0.05) is 30.2 Å². The van der Waals surface area contributed by atoms with Crippen molar-refractivity contribution in [2.75, 3.05) is 19.8 Å². The van der Waals surface area contributed by atoms with Crippen molar-refractivity contribution >= 4 is 11.3 Å². The largest absolute Gasteiger partial charge is 0.492 e. The van der Waals surface area contributed by atoms with Crippen molar-refractivity contribution in [1.29, 1.82) is 0 Å². The van der Waals surface area contributed by atoms with Crippen LogP contribution in [0.5, 0.6) is 5.75 Å². The summed E-state index contributed by atoms with van der Waals surface area (Å²) in [5.41, 5.74) is 3.56. The number of nitrogens with zero attached hydrogens (tertiary/aromatic N) is 1. The van der Waals surface area contributed by atoms with Crippen molar-refractivity contribution in [3.05, 3.63) is 64.7 Å². The van der Waals surface area contributed by atoms with Crippen LogP contribution in [0.25, 0.3) is 10.6 Å². The van der Waals surface area contributed by atoms with E-state index >= 15 is 0 Å². The van der Waals surface area contributed by atoms with Crippen LogP contribution in [-0.2, 0) is 11.3 Å². The standard InChI is InChI=1S/C23H29NO3S/c1-4-26-22(13-15-25)19-7-9-20(10-8-19)27-16-14-24-17(2)5-11-21(24)23-12-6-18(3)28-23/h5-12,22,25H,4,13-16H2,1-3H3. The Morgan fingerprint density at radius 3 is 2.46 bits per heavy atom.